The van der Waals surface area contributed by atoms with Crippen LogP contribution in [0.25, 0.3) is 42.7 Å². The lowest BCUT2D eigenvalue weighted by Gasteiger charge is -2.09. The summed E-state index contributed by atoms with van der Waals surface area (Å²) >= 11 is 3.78. The highest BCUT2D eigenvalue weighted by molar-refractivity contribution is 7.15. The Kier molecular flexibility index (Phi) is 8.84. The Labute approximate surface area is 231 Å². The molecule has 0 aliphatic carbocycles. The number of aromatic nitrogens is 1. The molecular formula is C34H41NS2. The summed E-state index contributed by atoms with van der Waals surface area (Å²) in [5.41, 5.74) is 5.45. The molecule has 3 heterocycles. The second kappa shape index (κ2) is 12.5. The van der Waals surface area contributed by atoms with E-state index in [-0.39, 0.29) is 0 Å². The van der Waals surface area contributed by atoms with Gasteiger partial charge < -0.3 is 4.57 Å². The van der Waals surface area contributed by atoms with Gasteiger partial charge in [-0.25, -0.2) is 0 Å². The van der Waals surface area contributed by atoms with Gasteiger partial charge in [0.2, 0.25) is 0 Å². The predicted octanol–water partition coefficient (Wildman–Crippen LogP) is 11.8. The van der Waals surface area contributed by atoms with Gasteiger partial charge in [0.25, 0.3) is 0 Å². The summed E-state index contributed by atoms with van der Waals surface area (Å²) in [6.07, 6.45) is 13.7. The van der Waals surface area contributed by atoms with Crippen LogP contribution in [-0.2, 0) is 6.54 Å². The first-order chi connectivity index (χ1) is 18.1. The van der Waals surface area contributed by atoms with E-state index in [4.69, 9.17) is 0 Å². The van der Waals surface area contributed by atoms with Crippen molar-refractivity contribution >= 4 is 44.5 Å². The summed E-state index contributed by atoms with van der Waals surface area (Å²) in [5.74, 6) is 0. The van der Waals surface area contributed by atoms with Gasteiger partial charge in [0, 0.05) is 47.9 Å². The lowest BCUT2D eigenvalue weighted by atomic mass is 10.1. The minimum atomic E-state index is 1.09. The lowest BCUT2D eigenvalue weighted by Crippen LogP contribution is -1.98. The molecule has 194 valence electrons. The van der Waals surface area contributed by atoms with Crippen LogP contribution < -0.4 is 0 Å². The second-order valence-electron chi connectivity index (χ2n) is 10.6. The first kappa shape index (κ1) is 26.3. The van der Waals surface area contributed by atoms with Gasteiger partial charge in [-0.05, 0) is 67.8 Å². The van der Waals surface area contributed by atoms with Crippen LogP contribution in [0.1, 0.15) is 80.9 Å². The third kappa shape index (κ3) is 6.21. The highest BCUT2D eigenvalue weighted by atomic mass is 32.1. The van der Waals surface area contributed by atoms with Gasteiger partial charge in [-0.3, -0.25) is 0 Å². The molecule has 0 spiro atoms. The van der Waals surface area contributed by atoms with Crippen LogP contribution in [0, 0.1) is 13.8 Å². The number of hydrogen-bond acceptors (Lipinski definition) is 2. The molecule has 0 N–H and O–H groups in total. The fraction of sp³-hybridized carbons (Fsp3) is 0.412. The predicted molar refractivity (Wildman–Crippen MR) is 167 cm³/mol. The maximum absolute atomic E-state index is 2.61. The van der Waals surface area contributed by atoms with Gasteiger partial charge >= 0.3 is 0 Å². The van der Waals surface area contributed by atoms with Crippen molar-refractivity contribution in [1.29, 1.82) is 0 Å². The molecular weight excluding hydrogens is 487 g/mol. The number of fused-ring (bicyclic) bond motifs is 3. The van der Waals surface area contributed by atoms with E-state index in [1.165, 1.54) is 117 Å². The van der Waals surface area contributed by atoms with Gasteiger partial charge in [-0.1, -0.05) is 89.0 Å². The van der Waals surface area contributed by atoms with Crippen molar-refractivity contribution in [2.45, 2.75) is 91.5 Å². The molecule has 0 radical (unpaired) electrons. The molecule has 0 aliphatic heterocycles. The van der Waals surface area contributed by atoms with Crippen molar-refractivity contribution in [1.82, 2.24) is 4.57 Å². The SMILES string of the molecule is CCCCCCCCCCCCn1c2cc(-c3ccc(C)s3)ccc2c2ccc(-c3ccc(C)s3)cc21. The molecule has 0 saturated heterocycles. The third-order valence-corrected chi connectivity index (χ3v) is 9.75. The topological polar surface area (TPSA) is 4.93 Å². The monoisotopic (exact) mass is 527 g/mol. The zero-order valence-corrected chi connectivity index (χ0v) is 24.4. The molecule has 0 aliphatic rings. The number of nitrogens with zero attached hydrogens (tertiary/aromatic N) is 1. The molecule has 0 bridgehead atoms. The van der Waals surface area contributed by atoms with Crippen molar-refractivity contribution < 1.29 is 0 Å². The fourth-order valence-corrected chi connectivity index (χ4v) is 7.31. The van der Waals surface area contributed by atoms with Crippen molar-refractivity contribution in [3.8, 4) is 20.9 Å². The Hall–Kier alpha value is -2.36. The standard InChI is InChI=1S/C34H41NS2/c1-4-5-6-7-8-9-10-11-12-13-22-35-31-23-27(33-20-14-25(2)36-33)16-18-29(31)30-19-17-28(24-32(30)35)34-21-15-26(3)37-34/h14-21,23-24H,4-13,22H2,1-3H3. The molecule has 2 aromatic carbocycles. The molecule has 0 atom stereocenters. The van der Waals surface area contributed by atoms with Gasteiger partial charge in [0.05, 0.1) is 0 Å². The highest BCUT2D eigenvalue weighted by Crippen LogP contribution is 2.37. The maximum Gasteiger partial charge on any atom is 0.0497 e. The van der Waals surface area contributed by atoms with Crippen molar-refractivity contribution in [3.63, 3.8) is 0 Å². The second-order valence-corrected chi connectivity index (χ2v) is 13.2. The number of aryl methyl sites for hydroxylation is 3. The van der Waals surface area contributed by atoms with Crippen LogP contribution in [0.4, 0.5) is 0 Å². The number of hydrogen-bond donors (Lipinski definition) is 0. The number of thiophene rings is 2. The van der Waals surface area contributed by atoms with E-state index in [2.05, 4.69) is 86.0 Å². The van der Waals surface area contributed by atoms with E-state index in [1.807, 2.05) is 22.7 Å². The van der Waals surface area contributed by atoms with Crippen LogP contribution in [0.15, 0.2) is 60.7 Å². The normalized spacial score (nSPS) is 11.8. The Morgan fingerprint density at radius 1 is 0.541 bits per heavy atom. The molecule has 1 nitrogen and oxygen atoms in total. The summed E-state index contributed by atoms with van der Waals surface area (Å²) in [7, 11) is 0. The van der Waals surface area contributed by atoms with E-state index < -0.39 is 0 Å². The Morgan fingerprint density at radius 3 is 1.43 bits per heavy atom. The number of benzene rings is 2. The highest BCUT2D eigenvalue weighted by Gasteiger charge is 2.14. The summed E-state index contributed by atoms with van der Waals surface area (Å²) in [6, 6.07) is 23.2. The lowest BCUT2D eigenvalue weighted by molar-refractivity contribution is 0.541. The van der Waals surface area contributed by atoms with E-state index in [9.17, 15) is 0 Å². The van der Waals surface area contributed by atoms with E-state index in [1.54, 1.807) is 0 Å². The average Bonchev–Trinajstić information content (AvgIpc) is 3.62. The molecule has 0 fully saturated rings. The average molecular weight is 528 g/mol. The molecule has 0 saturated carbocycles. The van der Waals surface area contributed by atoms with Gasteiger partial charge in [-0.2, -0.15) is 0 Å². The van der Waals surface area contributed by atoms with Gasteiger partial charge in [0.1, 0.15) is 0 Å². The zero-order valence-electron chi connectivity index (χ0n) is 22.8. The van der Waals surface area contributed by atoms with Crippen LogP contribution in [0.5, 0.6) is 0 Å². The summed E-state index contributed by atoms with van der Waals surface area (Å²) in [5, 5.41) is 2.76. The minimum Gasteiger partial charge on any atom is -0.340 e. The van der Waals surface area contributed by atoms with E-state index >= 15 is 0 Å². The van der Waals surface area contributed by atoms with Gasteiger partial charge in [0.15, 0.2) is 0 Å². The molecule has 3 aromatic heterocycles. The van der Waals surface area contributed by atoms with E-state index in [0.29, 0.717) is 0 Å². The van der Waals surface area contributed by atoms with Crippen LogP contribution in [0.2, 0.25) is 0 Å². The first-order valence-corrected chi connectivity index (χ1v) is 16.0. The third-order valence-electron chi connectivity index (χ3n) is 7.65. The summed E-state index contributed by atoms with van der Waals surface area (Å²) in [4.78, 5) is 5.48. The maximum atomic E-state index is 2.61. The molecule has 3 heteroatoms. The molecule has 5 aromatic rings. The summed E-state index contributed by atoms with van der Waals surface area (Å²) in [6.45, 7) is 7.78. The van der Waals surface area contributed by atoms with Crippen LogP contribution in [0.3, 0.4) is 0 Å². The largest absolute Gasteiger partial charge is 0.340 e. The molecule has 37 heavy (non-hydrogen) atoms. The first-order valence-electron chi connectivity index (χ1n) is 14.3. The zero-order chi connectivity index (χ0) is 25.6. The fourth-order valence-electron chi connectivity index (χ4n) is 5.58. The molecule has 5 rings (SSSR count). The Balaban J connectivity index is 1.38. The van der Waals surface area contributed by atoms with Gasteiger partial charge in [-0.15, -0.1) is 22.7 Å². The number of rotatable bonds is 13. The Bertz CT molecular complexity index is 1350. The Morgan fingerprint density at radius 2 is 1.00 bits per heavy atom. The quantitative estimate of drug-likeness (QED) is 0.134. The molecule has 0 amide bonds. The summed E-state index contributed by atoms with van der Waals surface area (Å²) < 4.78 is 2.61. The number of unbranched alkanes of at least 4 members (excludes halogenated alkanes) is 9. The molecule has 0 unspecified atom stereocenters. The van der Waals surface area contributed by atoms with Crippen molar-refractivity contribution in [2.75, 3.05) is 0 Å². The van der Waals surface area contributed by atoms with E-state index in [0.717, 1.165) is 6.54 Å². The van der Waals surface area contributed by atoms with Crippen molar-refractivity contribution in [3.05, 3.63) is 70.4 Å². The smallest absolute Gasteiger partial charge is 0.0497 e. The van der Waals surface area contributed by atoms with Crippen molar-refractivity contribution in [2.24, 2.45) is 0 Å². The van der Waals surface area contributed by atoms with Crippen LogP contribution >= 0.6 is 22.7 Å². The minimum absolute atomic E-state index is 1.09. The van der Waals surface area contributed by atoms with Crippen LogP contribution in [-0.4, -0.2) is 4.57 Å².